The third-order valence-electron chi connectivity index (χ3n) is 9.53. The number of hydrogen-bond acceptors (Lipinski definition) is 1. The summed E-state index contributed by atoms with van der Waals surface area (Å²) in [5, 5.41) is 4.15. The number of quaternary nitrogens is 1. The van der Waals surface area contributed by atoms with Gasteiger partial charge in [0.05, 0.1) is 30.6 Å². The van der Waals surface area contributed by atoms with Gasteiger partial charge < -0.3 is 9.80 Å². The smallest absolute Gasteiger partial charge is 0.107 e. The number of benzene rings is 1. The molecule has 0 amide bonds. The van der Waals surface area contributed by atoms with Gasteiger partial charge in [0.2, 0.25) is 0 Å². The summed E-state index contributed by atoms with van der Waals surface area (Å²) in [6.07, 6.45) is 7.25. The first-order valence-corrected chi connectivity index (χ1v) is 9.89. The van der Waals surface area contributed by atoms with E-state index in [4.69, 9.17) is 0 Å². The lowest BCUT2D eigenvalue weighted by atomic mass is 9.59. The Morgan fingerprint density at radius 3 is 2.87 bits per heavy atom. The zero-order valence-corrected chi connectivity index (χ0v) is 14.6. The van der Waals surface area contributed by atoms with Crippen LogP contribution in [0.5, 0.6) is 0 Å². The van der Waals surface area contributed by atoms with Crippen LogP contribution in [-0.2, 0) is 5.41 Å². The number of piperidine rings is 1. The lowest BCUT2D eigenvalue weighted by Gasteiger charge is -2.55. The van der Waals surface area contributed by atoms with Crippen LogP contribution in [0.1, 0.15) is 51.5 Å². The highest BCUT2D eigenvalue weighted by atomic mass is 15.4. The van der Waals surface area contributed by atoms with Crippen molar-refractivity contribution in [1.29, 1.82) is 0 Å². The average Bonchev–Trinajstić information content (AvgIpc) is 3.23. The largest absolute Gasteiger partial charge is 0.378 e. The number of nitrogens with zero attached hydrogens (tertiary/aromatic N) is 1. The Balaban J connectivity index is 1.70. The topological polar surface area (TPSA) is 12.0 Å². The SMILES string of the molecule is CC[N@+]12CCC[C@@]34CC[C@@]5(Nc6ccccc6[C@]5(CC1)[C@@H]32)[C@H]4C. The molecule has 2 saturated carbocycles. The Labute approximate surface area is 139 Å². The number of anilines is 1. The molecule has 6 atom stereocenters. The fourth-order valence-electron chi connectivity index (χ4n) is 8.94. The van der Waals surface area contributed by atoms with Gasteiger partial charge in [0.15, 0.2) is 0 Å². The molecule has 1 N–H and O–H groups in total. The van der Waals surface area contributed by atoms with Crippen molar-refractivity contribution in [2.24, 2.45) is 11.3 Å². The Morgan fingerprint density at radius 1 is 1.13 bits per heavy atom. The first-order valence-electron chi connectivity index (χ1n) is 9.89. The Kier molecular flexibility index (Phi) is 2.10. The van der Waals surface area contributed by atoms with Crippen molar-refractivity contribution in [3.05, 3.63) is 29.8 Å². The molecule has 3 aliphatic heterocycles. The second-order valence-electron chi connectivity index (χ2n) is 9.31. The minimum absolute atomic E-state index is 0.362. The summed E-state index contributed by atoms with van der Waals surface area (Å²) in [4.78, 5) is 0. The van der Waals surface area contributed by atoms with E-state index in [1.165, 1.54) is 61.9 Å². The molecule has 0 radical (unpaired) electrons. The van der Waals surface area contributed by atoms with Crippen LogP contribution in [-0.4, -0.2) is 35.7 Å². The van der Waals surface area contributed by atoms with E-state index in [1.807, 2.05) is 0 Å². The highest BCUT2D eigenvalue weighted by Crippen LogP contribution is 2.79. The van der Waals surface area contributed by atoms with Gasteiger partial charge in [-0.25, -0.2) is 0 Å². The van der Waals surface area contributed by atoms with Gasteiger partial charge in [0, 0.05) is 17.5 Å². The minimum Gasteiger partial charge on any atom is -0.378 e. The molecule has 0 aromatic heterocycles. The lowest BCUT2D eigenvalue weighted by Crippen LogP contribution is -2.66. The predicted molar refractivity (Wildman–Crippen MR) is 93.5 cm³/mol. The molecule has 3 spiro atoms. The molecular formula is C21H29N2+. The van der Waals surface area contributed by atoms with E-state index in [9.17, 15) is 0 Å². The summed E-state index contributed by atoms with van der Waals surface area (Å²) in [6, 6.07) is 10.2. The van der Waals surface area contributed by atoms with Crippen molar-refractivity contribution in [1.82, 2.24) is 0 Å². The van der Waals surface area contributed by atoms with Crippen LogP contribution in [0.25, 0.3) is 0 Å². The van der Waals surface area contributed by atoms with Crippen molar-refractivity contribution in [2.45, 2.75) is 62.9 Å². The van der Waals surface area contributed by atoms with Gasteiger partial charge in [0.1, 0.15) is 6.04 Å². The predicted octanol–water partition coefficient (Wildman–Crippen LogP) is 3.92. The average molecular weight is 309 g/mol. The van der Waals surface area contributed by atoms with Gasteiger partial charge in [-0.15, -0.1) is 0 Å². The van der Waals surface area contributed by atoms with Gasteiger partial charge >= 0.3 is 0 Å². The molecule has 2 saturated heterocycles. The highest BCUT2D eigenvalue weighted by molar-refractivity contribution is 5.69. The molecule has 5 aliphatic rings. The maximum absolute atomic E-state index is 4.15. The molecule has 4 fully saturated rings. The van der Waals surface area contributed by atoms with Crippen molar-refractivity contribution >= 4 is 5.69 Å². The fourth-order valence-corrected chi connectivity index (χ4v) is 8.94. The molecule has 0 unspecified atom stereocenters. The maximum atomic E-state index is 4.15. The molecule has 2 heteroatoms. The number of hydrogen-bond donors (Lipinski definition) is 1. The summed E-state index contributed by atoms with van der Waals surface area (Å²) >= 11 is 0. The molecule has 2 nitrogen and oxygen atoms in total. The van der Waals surface area contributed by atoms with Crippen molar-refractivity contribution in [2.75, 3.05) is 25.0 Å². The van der Waals surface area contributed by atoms with E-state index >= 15 is 0 Å². The van der Waals surface area contributed by atoms with Crippen LogP contribution >= 0.6 is 0 Å². The number of para-hydroxylation sites is 1. The van der Waals surface area contributed by atoms with E-state index in [-0.39, 0.29) is 0 Å². The number of fused-ring (bicyclic) bond motifs is 1. The van der Waals surface area contributed by atoms with E-state index in [0.717, 1.165) is 12.0 Å². The molecule has 23 heavy (non-hydrogen) atoms. The molecule has 2 aliphatic carbocycles. The quantitative estimate of drug-likeness (QED) is 0.775. The van der Waals surface area contributed by atoms with Crippen LogP contribution in [0.3, 0.4) is 0 Å². The van der Waals surface area contributed by atoms with Crippen LogP contribution in [0.2, 0.25) is 0 Å². The lowest BCUT2D eigenvalue weighted by molar-refractivity contribution is -0.952. The molecule has 2 bridgehead atoms. The van der Waals surface area contributed by atoms with E-state index < -0.39 is 0 Å². The number of nitrogens with one attached hydrogen (secondary N) is 1. The van der Waals surface area contributed by atoms with Crippen molar-refractivity contribution in [3.63, 3.8) is 0 Å². The van der Waals surface area contributed by atoms with E-state index in [2.05, 4.69) is 43.4 Å². The normalized spacial score (nSPS) is 54.5. The Morgan fingerprint density at radius 2 is 2.00 bits per heavy atom. The van der Waals surface area contributed by atoms with E-state index in [1.54, 1.807) is 5.56 Å². The summed E-state index contributed by atoms with van der Waals surface area (Å²) < 4.78 is 1.43. The third kappa shape index (κ3) is 1.05. The minimum atomic E-state index is 0.362. The molecule has 122 valence electrons. The zero-order chi connectivity index (χ0) is 15.5. The summed E-state index contributed by atoms with van der Waals surface area (Å²) in [5.74, 6) is 0.831. The van der Waals surface area contributed by atoms with Crippen LogP contribution in [0.4, 0.5) is 5.69 Å². The fraction of sp³-hybridized carbons (Fsp3) is 0.714. The summed E-state index contributed by atoms with van der Waals surface area (Å²) in [5.41, 5.74) is 4.56. The number of likely N-dealkylation sites (N-methyl/N-ethyl adjacent to an activating group) is 1. The maximum Gasteiger partial charge on any atom is 0.107 e. The third-order valence-corrected chi connectivity index (χ3v) is 9.53. The van der Waals surface area contributed by atoms with Gasteiger partial charge in [0.25, 0.3) is 0 Å². The van der Waals surface area contributed by atoms with E-state index in [0.29, 0.717) is 16.4 Å². The van der Waals surface area contributed by atoms with Crippen molar-refractivity contribution < 1.29 is 4.48 Å². The molecule has 1 aromatic rings. The monoisotopic (exact) mass is 309 g/mol. The zero-order valence-electron chi connectivity index (χ0n) is 14.6. The number of rotatable bonds is 1. The van der Waals surface area contributed by atoms with Gasteiger partial charge in [-0.3, -0.25) is 0 Å². The Hall–Kier alpha value is -1.02. The van der Waals surface area contributed by atoms with Crippen LogP contribution in [0.15, 0.2) is 24.3 Å². The first kappa shape index (κ1) is 13.3. The summed E-state index contributed by atoms with van der Waals surface area (Å²) in [7, 11) is 0. The molecule has 3 heterocycles. The van der Waals surface area contributed by atoms with Crippen molar-refractivity contribution in [3.8, 4) is 0 Å². The standard InChI is InChI=1S/C21H29N2/c1-3-23-13-6-9-19-10-11-21(15(19)2)20(12-14-23,18(19)23)16-7-4-5-8-17(16)22-21/h4-5,7-8,15,18,22H,3,6,9-14H2,1-2H3/q+1/t15-,18+,19-,20+,21+,23-/m0/s1. The summed E-state index contributed by atoms with van der Waals surface area (Å²) in [6.45, 7) is 9.29. The van der Waals surface area contributed by atoms with Gasteiger partial charge in [-0.05, 0) is 50.2 Å². The van der Waals surface area contributed by atoms with Crippen LogP contribution in [0, 0.1) is 11.3 Å². The highest BCUT2D eigenvalue weighted by Gasteiger charge is 2.86. The first-order chi connectivity index (χ1) is 11.2. The Bertz CT molecular complexity index is 714. The second kappa shape index (κ2) is 3.64. The molecular weight excluding hydrogens is 280 g/mol. The molecule has 6 rings (SSSR count). The second-order valence-corrected chi connectivity index (χ2v) is 9.31. The van der Waals surface area contributed by atoms with Gasteiger partial charge in [-0.1, -0.05) is 25.1 Å². The molecule has 1 aromatic carbocycles. The van der Waals surface area contributed by atoms with Gasteiger partial charge in [-0.2, -0.15) is 0 Å². The van der Waals surface area contributed by atoms with Crippen LogP contribution < -0.4 is 5.32 Å².